The summed E-state index contributed by atoms with van der Waals surface area (Å²) in [6.07, 6.45) is 2.88. The Bertz CT molecular complexity index is 1060. The number of hydrogen-bond donors (Lipinski definition) is 2. The van der Waals surface area contributed by atoms with Gasteiger partial charge in [-0.1, -0.05) is 13.8 Å². The van der Waals surface area contributed by atoms with E-state index in [1.807, 2.05) is 0 Å². The molecule has 2 N–H and O–H groups in total. The van der Waals surface area contributed by atoms with E-state index >= 15 is 0 Å². The fourth-order valence-corrected chi connectivity index (χ4v) is 5.12. The van der Waals surface area contributed by atoms with Gasteiger partial charge in [-0.3, -0.25) is 4.79 Å². The molecule has 176 valence electrons. The molecular formula is C26H32NO6+. The fraction of sp³-hybridized carbons (Fsp3) is 0.423. The maximum atomic E-state index is 13.1. The highest BCUT2D eigenvalue weighted by Crippen LogP contribution is 2.41. The van der Waals surface area contributed by atoms with Crippen molar-refractivity contribution in [2.24, 2.45) is 11.8 Å². The van der Waals surface area contributed by atoms with Crippen molar-refractivity contribution < 1.29 is 33.7 Å². The predicted octanol–water partition coefficient (Wildman–Crippen LogP) is 3.10. The number of Topliss-reactive ketones (excluding diaryl/α,β-unsaturated/α-hetero) is 1. The molecule has 1 saturated heterocycles. The molecule has 2 aliphatic heterocycles. The first-order valence-electron chi connectivity index (χ1n) is 11.3. The van der Waals surface area contributed by atoms with Crippen LogP contribution in [0.2, 0.25) is 0 Å². The highest BCUT2D eigenvalue weighted by Gasteiger charge is 2.34. The second kappa shape index (κ2) is 9.35. The third kappa shape index (κ3) is 4.50. The minimum atomic E-state index is -0.213. The molecule has 0 bridgehead atoms. The zero-order valence-corrected chi connectivity index (χ0v) is 19.9. The maximum Gasteiger partial charge on any atom is 0.231 e. The molecule has 0 radical (unpaired) electrons. The minimum absolute atomic E-state index is 0.161. The lowest BCUT2D eigenvalue weighted by Crippen LogP contribution is -3.13. The predicted molar refractivity (Wildman–Crippen MR) is 124 cm³/mol. The number of ether oxygens (including phenoxy) is 4. The zero-order valence-electron chi connectivity index (χ0n) is 19.9. The van der Waals surface area contributed by atoms with Gasteiger partial charge in [0.2, 0.25) is 11.5 Å². The van der Waals surface area contributed by atoms with Crippen molar-refractivity contribution in [1.82, 2.24) is 0 Å². The van der Waals surface area contributed by atoms with Crippen LogP contribution in [0.25, 0.3) is 6.08 Å². The van der Waals surface area contributed by atoms with Gasteiger partial charge in [0.25, 0.3) is 0 Å². The maximum absolute atomic E-state index is 13.1. The van der Waals surface area contributed by atoms with Crippen molar-refractivity contribution >= 4 is 11.9 Å². The number of rotatable bonds is 6. The van der Waals surface area contributed by atoms with Crippen molar-refractivity contribution in [3.05, 3.63) is 46.7 Å². The van der Waals surface area contributed by atoms with Crippen LogP contribution >= 0.6 is 0 Å². The van der Waals surface area contributed by atoms with E-state index in [-0.39, 0.29) is 17.3 Å². The van der Waals surface area contributed by atoms with Crippen molar-refractivity contribution in [3.8, 4) is 28.7 Å². The molecule has 0 spiro atoms. The molecule has 1 unspecified atom stereocenters. The number of carbonyl (C=O) groups excluding carboxylic acids is 1. The van der Waals surface area contributed by atoms with Gasteiger partial charge in [0, 0.05) is 11.8 Å². The summed E-state index contributed by atoms with van der Waals surface area (Å²) in [6, 6.07) is 6.73. The summed E-state index contributed by atoms with van der Waals surface area (Å²) in [6.45, 7) is 7.23. The number of phenolic OH excluding ortho intramolecular Hbond substituents is 1. The summed E-state index contributed by atoms with van der Waals surface area (Å²) in [7, 11) is 4.63. The van der Waals surface area contributed by atoms with Crippen LogP contribution in [0.1, 0.15) is 41.8 Å². The van der Waals surface area contributed by atoms with E-state index < -0.39 is 0 Å². The van der Waals surface area contributed by atoms with E-state index in [9.17, 15) is 9.90 Å². The number of allylic oxidation sites excluding steroid dienone is 1. The number of quaternary nitrogens is 1. The van der Waals surface area contributed by atoms with Gasteiger partial charge in [-0.25, -0.2) is 0 Å². The molecule has 4 rings (SSSR count). The molecule has 7 nitrogen and oxygen atoms in total. The average molecular weight is 455 g/mol. The Morgan fingerprint density at radius 2 is 1.70 bits per heavy atom. The molecule has 2 aromatic rings. The van der Waals surface area contributed by atoms with Gasteiger partial charge in [0.1, 0.15) is 12.3 Å². The van der Waals surface area contributed by atoms with Gasteiger partial charge < -0.3 is 29.0 Å². The molecular weight excluding hydrogens is 422 g/mol. The number of phenols is 1. The number of aromatic hydroxyl groups is 1. The first-order valence-corrected chi connectivity index (χ1v) is 11.3. The summed E-state index contributed by atoms with van der Waals surface area (Å²) in [5.41, 5.74) is 1.83. The highest BCUT2D eigenvalue weighted by molar-refractivity contribution is 6.15. The molecule has 0 amide bonds. The molecule has 1 fully saturated rings. The third-order valence-electron chi connectivity index (χ3n) is 6.41. The number of likely N-dealkylation sites (tertiary alicyclic amines) is 1. The molecule has 33 heavy (non-hydrogen) atoms. The Hall–Kier alpha value is -3.19. The van der Waals surface area contributed by atoms with Crippen molar-refractivity contribution in [2.75, 3.05) is 34.4 Å². The number of nitrogens with one attached hydrogen (secondary N) is 1. The first kappa shape index (κ1) is 23.0. The molecule has 3 atom stereocenters. The molecule has 0 aromatic heterocycles. The van der Waals surface area contributed by atoms with Crippen molar-refractivity contribution in [3.63, 3.8) is 0 Å². The van der Waals surface area contributed by atoms with Crippen LogP contribution in [-0.2, 0) is 6.54 Å². The summed E-state index contributed by atoms with van der Waals surface area (Å²) < 4.78 is 22.3. The Kier molecular flexibility index (Phi) is 6.51. The standard InChI is InChI=1S/C26H31NO6/c1-15-8-16(2)13-27(12-15)14-19-20(28)7-6-18-24(29)21(33-25(18)19)9-17-10-22(30-3)26(32-5)23(11-17)31-4/h6-7,9-11,15-16,28H,8,12-14H2,1-5H3/p+1/b21-9-/t15-,16+. The molecule has 0 saturated carbocycles. The van der Waals surface area contributed by atoms with Crippen LogP contribution in [0.3, 0.4) is 0 Å². The van der Waals surface area contributed by atoms with Crippen LogP contribution in [0.5, 0.6) is 28.7 Å². The lowest BCUT2D eigenvalue weighted by molar-refractivity contribution is -0.925. The largest absolute Gasteiger partial charge is 0.507 e. The van der Waals surface area contributed by atoms with E-state index in [1.54, 1.807) is 51.7 Å². The van der Waals surface area contributed by atoms with Crippen molar-refractivity contribution in [2.45, 2.75) is 26.8 Å². The second-order valence-corrected chi connectivity index (χ2v) is 9.12. The van der Waals surface area contributed by atoms with Crippen LogP contribution in [0.15, 0.2) is 30.0 Å². The molecule has 2 heterocycles. The Balaban J connectivity index is 1.66. The third-order valence-corrected chi connectivity index (χ3v) is 6.41. The van der Waals surface area contributed by atoms with E-state index in [2.05, 4.69) is 13.8 Å². The molecule has 2 aliphatic rings. The quantitative estimate of drug-likeness (QED) is 0.653. The molecule has 0 aliphatic carbocycles. The number of hydrogen-bond acceptors (Lipinski definition) is 6. The van der Waals surface area contributed by atoms with Crippen LogP contribution in [0, 0.1) is 11.8 Å². The number of benzene rings is 2. The van der Waals surface area contributed by atoms with Crippen molar-refractivity contribution in [1.29, 1.82) is 0 Å². The number of ketones is 1. The number of carbonyl (C=O) groups is 1. The van der Waals surface area contributed by atoms with Gasteiger partial charge >= 0.3 is 0 Å². The lowest BCUT2D eigenvalue weighted by atomic mass is 9.91. The smallest absolute Gasteiger partial charge is 0.231 e. The highest BCUT2D eigenvalue weighted by atomic mass is 16.5. The Morgan fingerprint density at radius 1 is 1.06 bits per heavy atom. The van der Waals surface area contributed by atoms with Crippen LogP contribution < -0.4 is 23.8 Å². The number of piperidine rings is 1. The van der Waals surface area contributed by atoms with Gasteiger partial charge in [-0.15, -0.1) is 0 Å². The number of fused-ring (bicyclic) bond motifs is 1. The van der Waals surface area contributed by atoms with Crippen LogP contribution in [-0.4, -0.2) is 45.3 Å². The first-order chi connectivity index (χ1) is 15.8. The lowest BCUT2D eigenvalue weighted by Gasteiger charge is -2.32. The topological polar surface area (TPSA) is 78.7 Å². The number of methoxy groups -OCH3 is 3. The molecule has 7 heteroatoms. The van der Waals surface area contributed by atoms with E-state index in [1.165, 1.54) is 11.3 Å². The van der Waals surface area contributed by atoms with Gasteiger partial charge in [-0.2, -0.15) is 0 Å². The van der Waals surface area contributed by atoms with E-state index in [0.717, 1.165) is 13.1 Å². The summed E-state index contributed by atoms with van der Waals surface area (Å²) in [4.78, 5) is 14.5. The fourth-order valence-electron chi connectivity index (χ4n) is 5.12. The summed E-state index contributed by atoms with van der Waals surface area (Å²) >= 11 is 0. The Morgan fingerprint density at radius 3 is 2.27 bits per heavy atom. The summed E-state index contributed by atoms with van der Waals surface area (Å²) in [5, 5.41) is 10.6. The minimum Gasteiger partial charge on any atom is -0.507 e. The normalized spacial score (nSPS) is 23.2. The SMILES string of the molecule is COc1cc(/C=C2\Oc3c(ccc(O)c3C[NH+]3C[C@H](C)C[C@H](C)C3)C2=O)cc(OC)c1OC. The van der Waals surface area contributed by atoms with E-state index in [0.29, 0.717) is 58.1 Å². The summed E-state index contributed by atoms with van der Waals surface area (Å²) in [5.74, 6) is 3.30. The molecule has 2 aromatic carbocycles. The van der Waals surface area contributed by atoms with Gasteiger partial charge in [-0.05, 0) is 42.3 Å². The van der Waals surface area contributed by atoms with Gasteiger partial charge in [0.05, 0.1) is 45.5 Å². The second-order valence-electron chi connectivity index (χ2n) is 9.12. The van der Waals surface area contributed by atoms with Gasteiger partial charge in [0.15, 0.2) is 23.0 Å². The average Bonchev–Trinajstić information content (AvgIpc) is 3.09. The Labute approximate surface area is 194 Å². The van der Waals surface area contributed by atoms with E-state index in [4.69, 9.17) is 18.9 Å². The van der Waals surface area contributed by atoms with Crippen LogP contribution in [0.4, 0.5) is 0 Å². The zero-order chi connectivity index (χ0) is 23.7. The monoisotopic (exact) mass is 454 g/mol.